The Kier molecular flexibility index (Phi) is 6.51. The number of carbonyl (C=O) groups excluding carboxylic acids is 2. The standard InChI is InChI=1S/C19H23N3O3/c1-13(2)7-9-20-17-12-14(8-10-21-17)18(23)22-16-6-4-5-15(11-16)19(24)25-3/h4-6,8,10-13H,7,9H2,1-3H3,(H,20,21)(H,22,23). The van der Waals surface area contributed by atoms with Gasteiger partial charge in [0, 0.05) is 24.0 Å². The number of nitrogens with zero attached hydrogens (tertiary/aromatic N) is 1. The minimum Gasteiger partial charge on any atom is -0.465 e. The van der Waals surface area contributed by atoms with E-state index in [4.69, 9.17) is 0 Å². The molecular formula is C19H23N3O3. The predicted molar refractivity (Wildman–Crippen MR) is 97.9 cm³/mol. The summed E-state index contributed by atoms with van der Waals surface area (Å²) < 4.78 is 4.68. The molecule has 0 bridgehead atoms. The van der Waals surface area contributed by atoms with Gasteiger partial charge in [0.15, 0.2) is 0 Å². The number of pyridine rings is 1. The molecule has 2 N–H and O–H groups in total. The van der Waals surface area contributed by atoms with Crippen LogP contribution >= 0.6 is 0 Å². The van der Waals surface area contributed by atoms with E-state index in [-0.39, 0.29) is 5.91 Å². The number of aromatic nitrogens is 1. The van der Waals surface area contributed by atoms with Crippen molar-refractivity contribution >= 4 is 23.4 Å². The summed E-state index contributed by atoms with van der Waals surface area (Å²) in [5, 5.41) is 5.99. The molecule has 0 saturated heterocycles. The monoisotopic (exact) mass is 341 g/mol. The molecule has 0 aliphatic rings. The molecule has 6 nitrogen and oxygen atoms in total. The summed E-state index contributed by atoms with van der Waals surface area (Å²) in [6.45, 7) is 5.11. The average Bonchev–Trinajstić information content (AvgIpc) is 2.61. The molecule has 1 heterocycles. The highest BCUT2D eigenvalue weighted by molar-refractivity contribution is 6.05. The van der Waals surface area contributed by atoms with Gasteiger partial charge in [0.1, 0.15) is 5.82 Å². The van der Waals surface area contributed by atoms with Crippen molar-refractivity contribution in [2.24, 2.45) is 5.92 Å². The van der Waals surface area contributed by atoms with Gasteiger partial charge in [0.2, 0.25) is 0 Å². The summed E-state index contributed by atoms with van der Waals surface area (Å²) in [5.41, 5.74) is 1.40. The zero-order chi connectivity index (χ0) is 18.2. The zero-order valence-electron chi connectivity index (χ0n) is 14.7. The van der Waals surface area contributed by atoms with E-state index < -0.39 is 5.97 Å². The maximum Gasteiger partial charge on any atom is 0.337 e. The van der Waals surface area contributed by atoms with Crippen molar-refractivity contribution in [2.75, 3.05) is 24.3 Å². The van der Waals surface area contributed by atoms with Crippen molar-refractivity contribution < 1.29 is 14.3 Å². The molecule has 132 valence electrons. The third-order valence-corrected chi connectivity index (χ3v) is 3.59. The smallest absolute Gasteiger partial charge is 0.337 e. The molecule has 0 aliphatic carbocycles. The Balaban J connectivity index is 2.04. The molecule has 2 rings (SSSR count). The van der Waals surface area contributed by atoms with Gasteiger partial charge in [-0.15, -0.1) is 0 Å². The van der Waals surface area contributed by atoms with Crippen LogP contribution in [0.5, 0.6) is 0 Å². The Hall–Kier alpha value is -2.89. The minimum absolute atomic E-state index is 0.267. The van der Waals surface area contributed by atoms with E-state index in [0.29, 0.717) is 28.6 Å². The van der Waals surface area contributed by atoms with Gasteiger partial charge in [0.25, 0.3) is 5.91 Å². The fraction of sp³-hybridized carbons (Fsp3) is 0.316. The Morgan fingerprint density at radius 2 is 1.96 bits per heavy atom. The highest BCUT2D eigenvalue weighted by Gasteiger charge is 2.10. The molecule has 1 aromatic heterocycles. The highest BCUT2D eigenvalue weighted by Crippen LogP contribution is 2.14. The van der Waals surface area contributed by atoms with Gasteiger partial charge in [-0.3, -0.25) is 4.79 Å². The van der Waals surface area contributed by atoms with E-state index in [0.717, 1.165) is 13.0 Å². The first-order chi connectivity index (χ1) is 12.0. The Labute approximate surface area is 147 Å². The molecule has 0 fully saturated rings. The molecule has 1 amide bonds. The maximum atomic E-state index is 12.4. The largest absolute Gasteiger partial charge is 0.465 e. The van der Waals surface area contributed by atoms with Crippen molar-refractivity contribution in [3.63, 3.8) is 0 Å². The van der Waals surface area contributed by atoms with Crippen molar-refractivity contribution in [3.8, 4) is 0 Å². The zero-order valence-corrected chi connectivity index (χ0v) is 14.7. The van der Waals surface area contributed by atoms with Crippen LogP contribution in [0.25, 0.3) is 0 Å². The van der Waals surface area contributed by atoms with Gasteiger partial charge in [-0.25, -0.2) is 9.78 Å². The number of methoxy groups -OCH3 is 1. The van der Waals surface area contributed by atoms with E-state index in [1.165, 1.54) is 7.11 Å². The summed E-state index contributed by atoms with van der Waals surface area (Å²) in [4.78, 5) is 28.2. The van der Waals surface area contributed by atoms with Crippen LogP contribution in [0.4, 0.5) is 11.5 Å². The molecule has 6 heteroatoms. The average molecular weight is 341 g/mol. The highest BCUT2D eigenvalue weighted by atomic mass is 16.5. The molecular weight excluding hydrogens is 318 g/mol. The van der Waals surface area contributed by atoms with Crippen LogP contribution in [-0.4, -0.2) is 30.5 Å². The number of rotatable bonds is 7. The lowest BCUT2D eigenvalue weighted by molar-refractivity contribution is 0.0600. The van der Waals surface area contributed by atoms with Crippen molar-refractivity contribution in [1.29, 1.82) is 0 Å². The van der Waals surface area contributed by atoms with Crippen molar-refractivity contribution in [3.05, 3.63) is 53.7 Å². The second-order valence-corrected chi connectivity index (χ2v) is 6.07. The van der Waals surface area contributed by atoms with E-state index in [1.54, 1.807) is 42.6 Å². The van der Waals surface area contributed by atoms with Crippen LogP contribution in [0.2, 0.25) is 0 Å². The number of anilines is 2. The molecule has 0 spiro atoms. The third kappa shape index (κ3) is 5.60. The first-order valence-corrected chi connectivity index (χ1v) is 8.19. The lowest BCUT2D eigenvalue weighted by atomic mass is 10.1. The number of esters is 1. The van der Waals surface area contributed by atoms with Gasteiger partial charge < -0.3 is 15.4 Å². The van der Waals surface area contributed by atoms with Gasteiger partial charge in [-0.1, -0.05) is 19.9 Å². The van der Waals surface area contributed by atoms with Crippen molar-refractivity contribution in [1.82, 2.24) is 4.98 Å². The van der Waals surface area contributed by atoms with Crippen molar-refractivity contribution in [2.45, 2.75) is 20.3 Å². The molecule has 0 saturated carbocycles. The number of amides is 1. The van der Waals surface area contributed by atoms with E-state index in [2.05, 4.69) is 34.2 Å². The first-order valence-electron chi connectivity index (χ1n) is 8.19. The summed E-state index contributed by atoms with van der Waals surface area (Å²) in [6.07, 6.45) is 2.62. The lowest BCUT2D eigenvalue weighted by Crippen LogP contribution is -2.14. The fourth-order valence-corrected chi connectivity index (χ4v) is 2.20. The molecule has 1 aromatic carbocycles. The second kappa shape index (κ2) is 8.82. The molecule has 0 unspecified atom stereocenters. The van der Waals surface area contributed by atoms with Gasteiger partial charge in [-0.2, -0.15) is 0 Å². The topological polar surface area (TPSA) is 80.3 Å². The summed E-state index contributed by atoms with van der Waals surface area (Å²) in [5.74, 6) is 0.547. The SMILES string of the molecule is COC(=O)c1cccc(NC(=O)c2ccnc(NCCC(C)C)c2)c1. The Bertz CT molecular complexity index is 744. The summed E-state index contributed by atoms with van der Waals surface area (Å²) >= 11 is 0. The normalized spacial score (nSPS) is 10.4. The lowest BCUT2D eigenvalue weighted by Gasteiger charge is -2.10. The minimum atomic E-state index is -0.448. The van der Waals surface area contributed by atoms with E-state index in [1.807, 2.05) is 0 Å². The fourth-order valence-electron chi connectivity index (χ4n) is 2.20. The van der Waals surface area contributed by atoms with E-state index >= 15 is 0 Å². The van der Waals surface area contributed by atoms with Crippen LogP contribution in [0.15, 0.2) is 42.6 Å². The number of hydrogen-bond donors (Lipinski definition) is 2. The second-order valence-electron chi connectivity index (χ2n) is 6.07. The number of ether oxygens (including phenoxy) is 1. The summed E-state index contributed by atoms with van der Waals surface area (Å²) in [6, 6.07) is 9.96. The quantitative estimate of drug-likeness (QED) is 0.753. The first kappa shape index (κ1) is 18.4. The molecule has 0 aliphatic heterocycles. The Morgan fingerprint density at radius 3 is 2.68 bits per heavy atom. The van der Waals surface area contributed by atoms with Gasteiger partial charge in [-0.05, 0) is 42.7 Å². The van der Waals surface area contributed by atoms with Gasteiger partial charge in [0.05, 0.1) is 12.7 Å². The van der Waals surface area contributed by atoms with Crippen LogP contribution in [-0.2, 0) is 4.74 Å². The van der Waals surface area contributed by atoms with Gasteiger partial charge >= 0.3 is 5.97 Å². The van der Waals surface area contributed by atoms with Crippen LogP contribution < -0.4 is 10.6 Å². The van der Waals surface area contributed by atoms with Crippen LogP contribution in [0.1, 0.15) is 41.0 Å². The van der Waals surface area contributed by atoms with Crippen LogP contribution in [0, 0.1) is 5.92 Å². The summed E-state index contributed by atoms with van der Waals surface area (Å²) in [7, 11) is 1.32. The number of nitrogens with one attached hydrogen (secondary N) is 2. The molecule has 0 radical (unpaired) electrons. The van der Waals surface area contributed by atoms with E-state index in [9.17, 15) is 9.59 Å². The Morgan fingerprint density at radius 1 is 1.16 bits per heavy atom. The maximum absolute atomic E-state index is 12.4. The molecule has 25 heavy (non-hydrogen) atoms. The molecule has 0 atom stereocenters. The number of hydrogen-bond acceptors (Lipinski definition) is 5. The molecule has 2 aromatic rings. The third-order valence-electron chi connectivity index (χ3n) is 3.59. The van der Waals surface area contributed by atoms with Crippen LogP contribution in [0.3, 0.4) is 0 Å². The predicted octanol–water partition coefficient (Wildman–Crippen LogP) is 3.58. The number of carbonyl (C=O) groups is 2. The number of benzene rings is 1.